The molecule has 1 nitrogen and oxygen atoms in total. The van der Waals surface area contributed by atoms with Crippen LogP contribution in [0, 0.1) is 5.82 Å². The van der Waals surface area contributed by atoms with Gasteiger partial charge in [-0.2, -0.15) is 0 Å². The molecule has 0 unspecified atom stereocenters. The van der Waals surface area contributed by atoms with Crippen LogP contribution in [0.25, 0.3) is 0 Å². The molecule has 0 saturated heterocycles. The number of halogens is 1. The van der Waals surface area contributed by atoms with Crippen molar-refractivity contribution in [1.29, 1.82) is 0 Å². The van der Waals surface area contributed by atoms with E-state index < -0.39 is 0 Å². The zero-order chi connectivity index (χ0) is 6.85. The first-order valence-corrected chi connectivity index (χ1v) is 3.57. The summed E-state index contributed by atoms with van der Waals surface area (Å²) in [6, 6.07) is 1.43. The Morgan fingerprint density at radius 1 is 1.78 bits per heavy atom. The van der Waals surface area contributed by atoms with Gasteiger partial charge in [-0.15, -0.1) is 11.3 Å². The smallest absolute Gasteiger partial charge is 0.134 e. The van der Waals surface area contributed by atoms with Crippen LogP contribution in [0.4, 0.5) is 4.39 Å². The Kier molecular flexibility index (Phi) is 1.83. The Balaban J connectivity index is 2.85. The molecule has 50 valence electrons. The SMILES string of the molecule is C[C@@H](N)c1cc(F)cs1. The van der Waals surface area contributed by atoms with Crippen LogP contribution in [0.1, 0.15) is 17.8 Å². The summed E-state index contributed by atoms with van der Waals surface area (Å²) in [6.07, 6.45) is 0. The average molecular weight is 145 g/mol. The zero-order valence-electron chi connectivity index (χ0n) is 5.10. The van der Waals surface area contributed by atoms with E-state index >= 15 is 0 Å². The van der Waals surface area contributed by atoms with Crippen molar-refractivity contribution in [2.45, 2.75) is 13.0 Å². The third-order valence-electron chi connectivity index (χ3n) is 1.04. The van der Waals surface area contributed by atoms with Crippen LogP contribution in [-0.4, -0.2) is 0 Å². The lowest BCUT2D eigenvalue weighted by Crippen LogP contribution is -2.01. The van der Waals surface area contributed by atoms with Crippen molar-refractivity contribution in [1.82, 2.24) is 0 Å². The standard InChI is InChI=1S/C6H8FNS/c1-4(8)6-2-5(7)3-9-6/h2-4H,8H2,1H3/t4-/m1/s1. The van der Waals surface area contributed by atoms with E-state index in [1.807, 2.05) is 6.92 Å². The summed E-state index contributed by atoms with van der Waals surface area (Å²) in [6.45, 7) is 1.84. The van der Waals surface area contributed by atoms with Gasteiger partial charge in [0.2, 0.25) is 0 Å². The minimum atomic E-state index is -0.188. The predicted octanol–water partition coefficient (Wildman–Crippen LogP) is 1.91. The highest BCUT2D eigenvalue weighted by molar-refractivity contribution is 7.10. The van der Waals surface area contributed by atoms with Crippen LogP contribution in [0.15, 0.2) is 11.4 Å². The summed E-state index contributed by atoms with van der Waals surface area (Å²) in [5.41, 5.74) is 5.47. The largest absolute Gasteiger partial charge is 0.324 e. The first kappa shape index (κ1) is 6.71. The molecule has 0 aliphatic heterocycles. The molecule has 3 heteroatoms. The predicted molar refractivity (Wildman–Crippen MR) is 36.9 cm³/mol. The van der Waals surface area contributed by atoms with Crippen LogP contribution >= 0.6 is 11.3 Å². The van der Waals surface area contributed by atoms with Crippen LogP contribution in [0.5, 0.6) is 0 Å². The quantitative estimate of drug-likeness (QED) is 0.641. The van der Waals surface area contributed by atoms with Gasteiger partial charge in [0.05, 0.1) is 0 Å². The molecule has 1 aromatic rings. The van der Waals surface area contributed by atoms with Crippen LogP contribution in [0.2, 0.25) is 0 Å². The molecule has 9 heavy (non-hydrogen) atoms. The van der Waals surface area contributed by atoms with Gasteiger partial charge < -0.3 is 5.73 Å². The third kappa shape index (κ3) is 1.50. The van der Waals surface area contributed by atoms with Gasteiger partial charge in [0, 0.05) is 16.3 Å². The van der Waals surface area contributed by atoms with E-state index in [0.717, 1.165) is 4.88 Å². The van der Waals surface area contributed by atoms with Crippen LogP contribution < -0.4 is 5.73 Å². The van der Waals surface area contributed by atoms with Crippen molar-refractivity contribution in [2.75, 3.05) is 0 Å². The second-order valence-electron chi connectivity index (χ2n) is 1.96. The number of hydrogen-bond acceptors (Lipinski definition) is 2. The summed E-state index contributed by atoms with van der Waals surface area (Å²) in [5, 5.41) is 1.46. The van der Waals surface area contributed by atoms with Gasteiger partial charge in [-0.25, -0.2) is 4.39 Å². The molecule has 0 amide bonds. The maximum Gasteiger partial charge on any atom is 0.134 e. The van der Waals surface area contributed by atoms with Crippen molar-refractivity contribution in [2.24, 2.45) is 5.73 Å². The third-order valence-corrected chi connectivity index (χ3v) is 2.14. The molecule has 1 rings (SSSR count). The van der Waals surface area contributed by atoms with Gasteiger partial charge in [0.25, 0.3) is 0 Å². The highest BCUT2D eigenvalue weighted by Gasteiger charge is 2.01. The molecular formula is C6H8FNS. The lowest BCUT2D eigenvalue weighted by atomic mass is 10.3. The number of thiophene rings is 1. The fourth-order valence-corrected chi connectivity index (χ4v) is 1.28. The second kappa shape index (κ2) is 2.45. The lowest BCUT2D eigenvalue weighted by molar-refractivity contribution is 0.630. The van der Waals surface area contributed by atoms with Gasteiger partial charge in [-0.3, -0.25) is 0 Å². The van der Waals surface area contributed by atoms with Crippen molar-refractivity contribution in [3.05, 3.63) is 22.1 Å². The van der Waals surface area contributed by atoms with Gasteiger partial charge in [0.1, 0.15) is 5.82 Å². The average Bonchev–Trinajstić information content (AvgIpc) is 2.14. The van der Waals surface area contributed by atoms with Gasteiger partial charge in [-0.05, 0) is 13.0 Å². The Morgan fingerprint density at radius 3 is 2.67 bits per heavy atom. The van der Waals surface area contributed by atoms with Crippen molar-refractivity contribution >= 4 is 11.3 Å². The normalized spacial score (nSPS) is 13.7. The van der Waals surface area contributed by atoms with E-state index in [-0.39, 0.29) is 11.9 Å². The molecule has 0 radical (unpaired) electrons. The monoisotopic (exact) mass is 145 g/mol. The minimum absolute atomic E-state index is 0.0421. The van der Waals surface area contributed by atoms with Crippen LogP contribution in [0.3, 0.4) is 0 Å². The van der Waals surface area contributed by atoms with E-state index in [1.54, 1.807) is 0 Å². The minimum Gasteiger partial charge on any atom is -0.324 e. The maximum absolute atomic E-state index is 12.2. The van der Waals surface area contributed by atoms with Crippen molar-refractivity contribution in [3.8, 4) is 0 Å². The molecular weight excluding hydrogens is 137 g/mol. The number of hydrogen-bond donors (Lipinski definition) is 1. The Bertz CT molecular complexity index is 195. The Morgan fingerprint density at radius 2 is 2.44 bits per heavy atom. The summed E-state index contributed by atoms with van der Waals surface area (Å²) in [4.78, 5) is 0.896. The summed E-state index contributed by atoms with van der Waals surface area (Å²) >= 11 is 1.36. The molecule has 0 aromatic carbocycles. The summed E-state index contributed by atoms with van der Waals surface area (Å²) in [5.74, 6) is -0.188. The van der Waals surface area contributed by atoms with Crippen molar-refractivity contribution in [3.63, 3.8) is 0 Å². The maximum atomic E-state index is 12.2. The molecule has 0 aliphatic carbocycles. The van der Waals surface area contributed by atoms with E-state index in [0.29, 0.717) is 0 Å². The molecule has 1 aromatic heterocycles. The highest BCUT2D eigenvalue weighted by Crippen LogP contribution is 2.18. The first-order chi connectivity index (χ1) is 4.20. The highest BCUT2D eigenvalue weighted by atomic mass is 32.1. The van der Waals surface area contributed by atoms with E-state index in [1.165, 1.54) is 22.8 Å². The first-order valence-electron chi connectivity index (χ1n) is 2.69. The van der Waals surface area contributed by atoms with E-state index in [2.05, 4.69) is 0 Å². The molecule has 2 N–H and O–H groups in total. The molecule has 0 saturated carbocycles. The van der Waals surface area contributed by atoms with Gasteiger partial charge in [-0.1, -0.05) is 0 Å². The fourth-order valence-electron chi connectivity index (χ4n) is 0.567. The molecule has 1 atom stereocenters. The topological polar surface area (TPSA) is 26.0 Å². The lowest BCUT2D eigenvalue weighted by Gasteiger charge is -1.96. The Labute approximate surface area is 57.3 Å². The van der Waals surface area contributed by atoms with Crippen molar-refractivity contribution < 1.29 is 4.39 Å². The molecule has 1 heterocycles. The number of rotatable bonds is 1. The summed E-state index contributed by atoms with van der Waals surface area (Å²) in [7, 11) is 0. The van der Waals surface area contributed by atoms with E-state index in [4.69, 9.17) is 5.73 Å². The molecule has 0 aliphatic rings. The molecule has 0 spiro atoms. The van der Waals surface area contributed by atoms with E-state index in [9.17, 15) is 4.39 Å². The van der Waals surface area contributed by atoms with Gasteiger partial charge in [0.15, 0.2) is 0 Å². The zero-order valence-corrected chi connectivity index (χ0v) is 5.91. The fraction of sp³-hybridized carbons (Fsp3) is 0.333. The Hall–Kier alpha value is -0.410. The molecule has 0 bridgehead atoms. The molecule has 0 fully saturated rings. The van der Waals surface area contributed by atoms with Crippen LogP contribution in [-0.2, 0) is 0 Å². The van der Waals surface area contributed by atoms with Gasteiger partial charge >= 0.3 is 0 Å². The second-order valence-corrected chi connectivity index (χ2v) is 2.90. The number of nitrogens with two attached hydrogens (primary N) is 1. The summed E-state index contributed by atoms with van der Waals surface area (Å²) < 4.78 is 12.2.